The molecule has 0 radical (unpaired) electrons. The van der Waals surface area contributed by atoms with Gasteiger partial charge in [0, 0.05) is 24.8 Å². The van der Waals surface area contributed by atoms with E-state index in [4.69, 9.17) is 0 Å². The summed E-state index contributed by atoms with van der Waals surface area (Å²) >= 11 is 0. The van der Waals surface area contributed by atoms with Crippen molar-refractivity contribution >= 4 is 28.3 Å². The maximum absolute atomic E-state index is 12.1. The van der Waals surface area contributed by atoms with Crippen LogP contribution in [0.15, 0.2) is 76.5 Å². The van der Waals surface area contributed by atoms with E-state index in [1.54, 1.807) is 0 Å². The molecule has 2 amide bonds. The molecule has 4 aromatic rings. The summed E-state index contributed by atoms with van der Waals surface area (Å²) in [7, 11) is 0. The fraction of sp³-hybridized carbons (Fsp3) is 0.154. The molecule has 3 N–H and O–H groups in total. The van der Waals surface area contributed by atoms with Gasteiger partial charge in [-0.3, -0.25) is 10.1 Å². The lowest BCUT2D eigenvalue weighted by Gasteiger charge is -2.08. The SMILES string of the molecule is CCNC(=O)NC1=Nc2cc(-c3cccc(Cc4n[nH]c(=O)c5ccccc45)c3)ccc2C1. The summed E-state index contributed by atoms with van der Waals surface area (Å²) in [6.07, 6.45) is 1.21. The van der Waals surface area contributed by atoms with Crippen LogP contribution in [0.2, 0.25) is 0 Å². The standard InChI is InChI=1S/C26H23N5O2/c1-2-27-26(33)29-24-15-19-11-10-18(14-22(19)28-24)17-7-5-6-16(12-17)13-23-20-8-3-4-9-21(20)25(32)31-30-23/h3-12,14H,2,13,15H2,1H3,(H,31,32)(H2,27,28,29,33). The average molecular weight is 438 g/mol. The third kappa shape index (κ3) is 4.25. The Bertz CT molecular complexity index is 1450. The van der Waals surface area contributed by atoms with Crippen molar-refractivity contribution in [1.82, 2.24) is 20.8 Å². The zero-order chi connectivity index (χ0) is 22.8. The van der Waals surface area contributed by atoms with E-state index >= 15 is 0 Å². The molecule has 164 valence electrons. The highest BCUT2D eigenvalue weighted by Crippen LogP contribution is 2.32. The predicted octanol–water partition coefficient (Wildman–Crippen LogP) is 4.09. The molecule has 0 aliphatic carbocycles. The first-order chi connectivity index (χ1) is 16.1. The molecule has 7 nitrogen and oxygen atoms in total. The number of rotatable bonds is 4. The smallest absolute Gasteiger partial charge is 0.320 e. The van der Waals surface area contributed by atoms with Crippen LogP contribution in [-0.4, -0.2) is 28.6 Å². The Balaban J connectivity index is 1.41. The topological polar surface area (TPSA) is 99.2 Å². The van der Waals surface area contributed by atoms with Crippen LogP contribution in [0, 0.1) is 0 Å². The molecular weight excluding hydrogens is 414 g/mol. The molecule has 1 aliphatic rings. The van der Waals surface area contributed by atoms with Gasteiger partial charge in [-0.2, -0.15) is 5.10 Å². The van der Waals surface area contributed by atoms with Crippen LogP contribution in [0.25, 0.3) is 21.9 Å². The van der Waals surface area contributed by atoms with Gasteiger partial charge in [0.1, 0.15) is 5.84 Å². The first-order valence-electron chi connectivity index (χ1n) is 10.9. The van der Waals surface area contributed by atoms with Crippen LogP contribution in [0.1, 0.15) is 23.7 Å². The maximum atomic E-state index is 12.1. The van der Waals surface area contributed by atoms with Crippen molar-refractivity contribution in [1.29, 1.82) is 0 Å². The number of aliphatic imine (C=N–C) groups is 1. The molecule has 0 atom stereocenters. The number of carbonyl (C=O) groups excluding carboxylic acids is 1. The molecule has 0 fully saturated rings. The van der Waals surface area contributed by atoms with Gasteiger partial charge in [0.2, 0.25) is 0 Å². The van der Waals surface area contributed by atoms with Crippen molar-refractivity contribution in [2.75, 3.05) is 6.54 Å². The molecule has 7 heteroatoms. The third-order valence-electron chi connectivity index (χ3n) is 5.70. The molecule has 2 heterocycles. The highest BCUT2D eigenvalue weighted by Gasteiger charge is 2.17. The zero-order valence-electron chi connectivity index (χ0n) is 18.2. The second-order valence-electron chi connectivity index (χ2n) is 7.99. The van der Waals surface area contributed by atoms with Crippen LogP contribution in [-0.2, 0) is 12.8 Å². The highest BCUT2D eigenvalue weighted by atomic mass is 16.2. The van der Waals surface area contributed by atoms with E-state index in [-0.39, 0.29) is 11.6 Å². The summed E-state index contributed by atoms with van der Waals surface area (Å²) < 4.78 is 0. The molecule has 1 aliphatic heterocycles. The monoisotopic (exact) mass is 437 g/mol. The Kier molecular flexibility index (Phi) is 5.44. The van der Waals surface area contributed by atoms with Crippen molar-refractivity contribution in [3.63, 3.8) is 0 Å². The largest absolute Gasteiger partial charge is 0.338 e. The van der Waals surface area contributed by atoms with E-state index in [0.29, 0.717) is 30.6 Å². The van der Waals surface area contributed by atoms with E-state index in [1.807, 2.05) is 37.3 Å². The van der Waals surface area contributed by atoms with Crippen LogP contribution >= 0.6 is 0 Å². The number of aromatic amines is 1. The van der Waals surface area contributed by atoms with Gasteiger partial charge in [-0.05, 0) is 41.3 Å². The average Bonchev–Trinajstić information content (AvgIpc) is 3.23. The maximum Gasteiger partial charge on any atom is 0.320 e. The quantitative estimate of drug-likeness (QED) is 0.448. The lowest BCUT2D eigenvalue weighted by atomic mass is 9.98. The number of benzene rings is 3. The predicted molar refractivity (Wildman–Crippen MR) is 130 cm³/mol. The normalized spacial score (nSPS) is 12.3. The second-order valence-corrected chi connectivity index (χ2v) is 7.99. The number of urea groups is 1. The lowest BCUT2D eigenvalue weighted by molar-refractivity contribution is 0.245. The summed E-state index contributed by atoms with van der Waals surface area (Å²) in [5.74, 6) is 0.651. The molecule has 0 spiro atoms. The summed E-state index contributed by atoms with van der Waals surface area (Å²) in [5.41, 5.74) is 5.84. The number of nitrogens with zero attached hydrogens (tertiary/aromatic N) is 2. The molecule has 33 heavy (non-hydrogen) atoms. The van der Waals surface area contributed by atoms with Gasteiger partial charge in [-0.1, -0.05) is 54.6 Å². The van der Waals surface area contributed by atoms with E-state index in [9.17, 15) is 9.59 Å². The number of carbonyl (C=O) groups is 1. The van der Waals surface area contributed by atoms with Gasteiger partial charge in [-0.25, -0.2) is 14.9 Å². The number of amides is 2. The van der Waals surface area contributed by atoms with Crippen molar-refractivity contribution in [3.8, 4) is 11.1 Å². The van der Waals surface area contributed by atoms with Crippen LogP contribution in [0.5, 0.6) is 0 Å². The fourth-order valence-electron chi connectivity index (χ4n) is 4.13. The van der Waals surface area contributed by atoms with Crippen LogP contribution in [0.3, 0.4) is 0 Å². The molecule has 0 saturated heterocycles. The number of fused-ring (bicyclic) bond motifs is 2. The molecular formula is C26H23N5O2. The van der Waals surface area contributed by atoms with E-state index in [0.717, 1.165) is 39.0 Å². The number of hydrogen-bond acceptors (Lipinski definition) is 4. The summed E-state index contributed by atoms with van der Waals surface area (Å²) in [5, 5.41) is 14.0. The first-order valence-corrected chi connectivity index (χ1v) is 10.9. The second kappa shape index (κ2) is 8.70. The molecule has 0 bridgehead atoms. The van der Waals surface area contributed by atoms with Gasteiger partial charge >= 0.3 is 6.03 Å². The third-order valence-corrected chi connectivity index (χ3v) is 5.70. The van der Waals surface area contributed by atoms with Crippen LogP contribution < -0.4 is 16.2 Å². The van der Waals surface area contributed by atoms with Gasteiger partial charge in [0.25, 0.3) is 5.56 Å². The van der Waals surface area contributed by atoms with Gasteiger partial charge in [-0.15, -0.1) is 0 Å². The van der Waals surface area contributed by atoms with Gasteiger partial charge < -0.3 is 5.32 Å². The minimum atomic E-state index is -0.236. The van der Waals surface area contributed by atoms with Crippen LogP contribution in [0.4, 0.5) is 10.5 Å². The lowest BCUT2D eigenvalue weighted by Crippen LogP contribution is -2.39. The van der Waals surface area contributed by atoms with Gasteiger partial charge in [0.05, 0.1) is 16.8 Å². The zero-order valence-corrected chi connectivity index (χ0v) is 18.2. The Labute approximate surface area is 190 Å². The van der Waals surface area contributed by atoms with Crippen molar-refractivity contribution in [2.45, 2.75) is 19.8 Å². The molecule has 5 rings (SSSR count). The van der Waals surface area contributed by atoms with E-state index < -0.39 is 0 Å². The summed E-state index contributed by atoms with van der Waals surface area (Å²) in [6, 6.07) is 21.8. The summed E-state index contributed by atoms with van der Waals surface area (Å²) in [4.78, 5) is 28.5. The Morgan fingerprint density at radius 3 is 2.67 bits per heavy atom. The molecule has 1 aromatic heterocycles. The fourth-order valence-corrected chi connectivity index (χ4v) is 4.13. The van der Waals surface area contributed by atoms with E-state index in [2.05, 4.69) is 62.2 Å². The minimum Gasteiger partial charge on any atom is -0.338 e. The molecule has 0 unspecified atom stereocenters. The van der Waals surface area contributed by atoms with Crippen molar-refractivity contribution < 1.29 is 4.79 Å². The number of hydrogen-bond donors (Lipinski definition) is 3. The first kappa shape index (κ1) is 20.6. The van der Waals surface area contributed by atoms with Crippen molar-refractivity contribution in [2.24, 2.45) is 4.99 Å². The highest BCUT2D eigenvalue weighted by molar-refractivity contribution is 6.02. The van der Waals surface area contributed by atoms with Crippen molar-refractivity contribution in [3.05, 3.63) is 93.9 Å². The number of nitrogens with one attached hydrogen (secondary N) is 3. The number of H-pyrrole nitrogens is 1. The Hall–Kier alpha value is -4.26. The number of aromatic nitrogens is 2. The Morgan fingerprint density at radius 2 is 1.82 bits per heavy atom. The molecule has 3 aromatic carbocycles. The Morgan fingerprint density at radius 1 is 1.00 bits per heavy atom. The number of amidine groups is 1. The minimum absolute atomic E-state index is 0.178. The summed E-state index contributed by atoms with van der Waals surface area (Å²) in [6.45, 7) is 2.44. The van der Waals surface area contributed by atoms with Gasteiger partial charge in [0.15, 0.2) is 0 Å². The molecule has 0 saturated carbocycles. The van der Waals surface area contributed by atoms with E-state index in [1.165, 1.54) is 0 Å².